The second-order valence-corrected chi connectivity index (χ2v) is 11.9. The molecule has 0 fully saturated rings. The normalized spacial score (nSPS) is 12.2. The van der Waals surface area contributed by atoms with E-state index in [0.29, 0.717) is 10.6 Å². The summed E-state index contributed by atoms with van der Waals surface area (Å²) in [7, 11) is -4.25. The van der Waals surface area contributed by atoms with Gasteiger partial charge in [-0.15, -0.1) is 0 Å². The van der Waals surface area contributed by atoms with E-state index in [0.717, 1.165) is 4.31 Å². The summed E-state index contributed by atoms with van der Waals surface area (Å²) < 4.78 is 28.4. The van der Waals surface area contributed by atoms with Gasteiger partial charge >= 0.3 is 0 Å². The molecule has 1 atom stereocenters. The Morgan fingerprint density at radius 3 is 2.08 bits per heavy atom. The first kappa shape index (κ1) is 29.8. The largest absolute Gasteiger partial charge is 0.352 e. The van der Waals surface area contributed by atoms with E-state index in [1.807, 2.05) is 0 Å². The van der Waals surface area contributed by atoms with Gasteiger partial charge in [-0.2, -0.15) is 0 Å². The van der Waals surface area contributed by atoms with Crippen LogP contribution in [0.5, 0.6) is 0 Å². The fraction of sp³-hybridized carbons (Fsp3) is 0.259. The Morgan fingerprint density at radius 1 is 0.842 bits per heavy atom. The fourth-order valence-electron chi connectivity index (χ4n) is 3.72. The van der Waals surface area contributed by atoms with E-state index in [9.17, 15) is 18.0 Å². The van der Waals surface area contributed by atoms with Gasteiger partial charge in [0.1, 0.15) is 12.6 Å². The standard InChI is InChI=1S/C27H28Cl3N3O4S/c1-18(2)31-27(35)19(3)32(16-20-10-7-8-13-22(20)28)25(34)17-33(24-15-9-14-23(29)26(24)30)38(36,37)21-11-5-4-6-12-21/h4-15,18-19H,16-17H2,1-3H3,(H,31,35). The SMILES string of the molecule is CC(C)NC(=O)C(C)N(Cc1ccccc1Cl)C(=O)CN(c1cccc(Cl)c1Cl)S(=O)(=O)c1ccccc1. The van der Waals surface area contributed by atoms with Gasteiger partial charge in [-0.1, -0.05) is 77.3 Å². The van der Waals surface area contributed by atoms with Crippen molar-refractivity contribution in [2.24, 2.45) is 0 Å². The molecule has 3 rings (SSSR count). The smallest absolute Gasteiger partial charge is 0.264 e. The number of anilines is 1. The van der Waals surface area contributed by atoms with E-state index < -0.39 is 34.4 Å². The average Bonchev–Trinajstić information content (AvgIpc) is 2.88. The number of nitrogens with zero attached hydrogens (tertiary/aromatic N) is 2. The maximum atomic E-state index is 13.9. The molecule has 1 unspecified atom stereocenters. The van der Waals surface area contributed by atoms with Gasteiger partial charge < -0.3 is 10.2 Å². The summed E-state index contributed by atoms with van der Waals surface area (Å²) in [5.41, 5.74) is 0.637. The predicted molar refractivity (Wildman–Crippen MR) is 152 cm³/mol. The van der Waals surface area contributed by atoms with Crippen LogP contribution in [0.4, 0.5) is 5.69 Å². The number of amides is 2. The van der Waals surface area contributed by atoms with Crippen molar-refractivity contribution in [1.82, 2.24) is 10.2 Å². The van der Waals surface area contributed by atoms with Crippen LogP contribution in [-0.2, 0) is 26.2 Å². The summed E-state index contributed by atoms with van der Waals surface area (Å²) in [6.45, 7) is 4.53. The highest BCUT2D eigenvalue weighted by atomic mass is 35.5. The van der Waals surface area contributed by atoms with Crippen molar-refractivity contribution in [1.29, 1.82) is 0 Å². The molecule has 3 aromatic rings. The number of rotatable bonds is 10. The molecule has 0 aromatic heterocycles. The molecule has 0 spiro atoms. The molecule has 0 aliphatic carbocycles. The predicted octanol–water partition coefficient (Wildman–Crippen LogP) is 5.78. The van der Waals surface area contributed by atoms with E-state index in [1.54, 1.807) is 69.3 Å². The van der Waals surface area contributed by atoms with Crippen LogP contribution < -0.4 is 9.62 Å². The first-order valence-electron chi connectivity index (χ1n) is 11.8. The van der Waals surface area contributed by atoms with Crippen molar-refractivity contribution in [2.45, 2.75) is 44.3 Å². The molecule has 0 aliphatic heterocycles. The summed E-state index contributed by atoms with van der Waals surface area (Å²) in [5, 5.41) is 3.31. The highest BCUT2D eigenvalue weighted by molar-refractivity contribution is 7.92. The lowest BCUT2D eigenvalue weighted by Crippen LogP contribution is -2.52. The molecule has 38 heavy (non-hydrogen) atoms. The molecular formula is C27H28Cl3N3O4S. The quantitative estimate of drug-likeness (QED) is 0.321. The highest BCUT2D eigenvalue weighted by Crippen LogP contribution is 2.35. The minimum absolute atomic E-state index is 0.0201. The Hall–Kier alpha value is -2.78. The van der Waals surface area contributed by atoms with Gasteiger partial charge in [0.25, 0.3) is 10.0 Å². The van der Waals surface area contributed by atoms with E-state index in [4.69, 9.17) is 34.8 Å². The Morgan fingerprint density at radius 2 is 1.45 bits per heavy atom. The Bertz CT molecular complexity index is 1400. The van der Waals surface area contributed by atoms with Crippen LogP contribution in [0.15, 0.2) is 77.7 Å². The Kier molecular flexibility index (Phi) is 10.1. The zero-order valence-corrected chi connectivity index (χ0v) is 24.2. The summed E-state index contributed by atoms with van der Waals surface area (Å²) in [6, 6.07) is 18.0. The minimum Gasteiger partial charge on any atom is -0.352 e. The van der Waals surface area contributed by atoms with Crippen molar-refractivity contribution < 1.29 is 18.0 Å². The van der Waals surface area contributed by atoms with Crippen molar-refractivity contribution in [2.75, 3.05) is 10.8 Å². The summed E-state index contributed by atoms with van der Waals surface area (Å²) >= 11 is 19.0. The van der Waals surface area contributed by atoms with Crippen LogP contribution in [0.3, 0.4) is 0 Å². The van der Waals surface area contributed by atoms with Crippen molar-refractivity contribution in [3.05, 3.63) is 93.4 Å². The molecule has 11 heteroatoms. The molecule has 7 nitrogen and oxygen atoms in total. The number of carbonyl (C=O) groups excluding carboxylic acids is 2. The third-order valence-corrected chi connectivity index (χ3v) is 8.66. The summed E-state index contributed by atoms with van der Waals surface area (Å²) in [6.07, 6.45) is 0. The summed E-state index contributed by atoms with van der Waals surface area (Å²) in [5.74, 6) is -1.02. The number of halogens is 3. The van der Waals surface area contributed by atoms with Crippen LogP contribution in [0.2, 0.25) is 15.1 Å². The summed E-state index contributed by atoms with van der Waals surface area (Å²) in [4.78, 5) is 28.1. The van der Waals surface area contributed by atoms with Gasteiger partial charge in [0.05, 0.1) is 20.6 Å². The number of nitrogens with one attached hydrogen (secondary N) is 1. The lowest BCUT2D eigenvalue weighted by atomic mass is 10.1. The van der Waals surface area contributed by atoms with Crippen LogP contribution in [0.25, 0.3) is 0 Å². The van der Waals surface area contributed by atoms with E-state index in [2.05, 4.69) is 5.32 Å². The molecule has 3 aromatic carbocycles. The Labute approximate surface area is 238 Å². The molecule has 202 valence electrons. The van der Waals surface area contributed by atoms with Gasteiger partial charge in [0, 0.05) is 17.6 Å². The maximum Gasteiger partial charge on any atom is 0.264 e. The lowest BCUT2D eigenvalue weighted by molar-refractivity contribution is -0.139. The van der Waals surface area contributed by atoms with E-state index in [-0.39, 0.29) is 33.2 Å². The van der Waals surface area contributed by atoms with Crippen LogP contribution >= 0.6 is 34.8 Å². The topological polar surface area (TPSA) is 86.8 Å². The average molecular weight is 597 g/mol. The zero-order chi connectivity index (χ0) is 28.0. The van der Waals surface area contributed by atoms with Crippen molar-refractivity contribution >= 4 is 62.3 Å². The highest BCUT2D eigenvalue weighted by Gasteiger charge is 2.34. The molecule has 1 N–H and O–H groups in total. The first-order chi connectivity index (χ1) is 17.9. The van der Waals surface area contributed by atoms with E-state index in [1.165, 1.54) is 29.2 Å². The van der Waals surface area contributed by atoms with Gasteiger partial charge in [-0.25, -0.2) is 8.42 Å². The number of hydrogen-bond acceptors (Lipinski definition) is 4. The second-order valence-electron chi connectivity index (χ2n) is 8.85. The fourth-order valence-corrected chi connectivity index (χ4v) is 5.81. The molecular weight excluding hydrogens is 569 g/mol. The number of carbonyl (C=O) groups is 2. The van der Waals surface area contributed by atoms with Crippen LogP contribution in [0.1, 0.15) is 26.3 Å². The maximum absolute atomic E-state index is 13.9. The van der Waals surface area contributed by atoms with Gasteiger partial charge in [0.15, 0.2) is 0 Å². The Balaban J connectivity index is 2.08. The molecule has 2 amide bonds. The lowest BCUT2D eigenvalue weighted by Gasteiger charge is -2.32. The van der Waals surface area contributed by atoms with Crippen molar-refractivity contribution in [3.8, 4) is 0 Å². The van der Waals surface area contributed by atoms with Gasteiger partial charge in [0.2, 0.25) is 11.8 Å². The third kappa shape index (κ3) is 6.99. The minimum atomic E-state index is -4.25. The number of hydrogen-bond donors (Lipinski definition) is 1. The van der Waals surface area contributed by atoms with Crippen LogP contribution in [-0.4, -0.2) is 43.8 Å². The molecule has 0 heterocycles. The number of sulfonamides is 1. The molecule has 0 radical (unpaired) electrons. The van der Waals surface area contributed by atoms with Gasteiger partial charge in [-0.05, 0) is 56.7 Å². The monoisotopic (exact) mass is 595 g/mol. The molecule has 0 aliphatic rings. The van der Waals surface area contributed by atoms with Crippen molar-refractivity contribution in [3.63, 3.8) is 0 Å². The van der Waals surface area contributed by atoms with Crippen LogP contribution in [0, 0.1) is 0 Å². The van der Waals surface area contributed by atoms with E-state index >= 15 is 0 Å². The molecule has 0 saturated carbocycles. The second kappa shape index (κ2) is 12.8. The number of benzene rings is 3. The molecule has 0 bridgehead atoms. The zero-order valence-electron chi connectivity index (χ0n) is 21.1. The molecule has 0 saturated heterocycles. The first-order valence-corrected chi connectivity index (χ1v) is 14.4. The van der Waals surface area contributed by atoms with Gasteiger partial charge in [-0.3, -0.25) is 13.9 Å². The third-order valence-electron chi connectivity index (χ3n) is 5.71.